The molecule has 4 heteroatoms. The topological polar surface area (TPSA) is 36.3 Å². The van der Waals surface area contributed by atoms with Gasteiger partial charge >= 0.3 is 0 Å². The van der Waals surface area contributed by atoms with Crippen LogP contribution in [0.15, 0.2) is 48.5 Å². The number of hydrogen-bond donors (Lipinski definition) is 0. The minimum Gasteiger partial charge on any atom is -0.493 e. The molecule has 0 saturated heterocycles. The molecule has 1 heterocycles. The van der Waals surface area contributed by atoms with Gasteiger partial charge in [0.25, 0.3) is 0 Å². The number of hydrogen-bond acceptors (Lipinski definition) is 3. The first-order valence-corrected chi connectivity index (χ1v) is 7.47. The van der Waals surface area contributed by atoms with Crippen LogP contribution in [0, 0.1) is 6.92 Å². The normalized spacial score (nSPS) is 10.8. The Hall–Kier alpha value is -2.49. The standard InChI is InChI=1S/C18H20N2O2/c1-14-19-15-8-3-4-9-16(15)20(14)12-7-13-22-18-11-6-5-10-17(18)21-2/h3-6,8-11H,7,12-13H2,1-2H3. The van der Waals surface area contributed by atoms with Gasteiger partial charge < -0.3 is 14.0 Å². The predicted octanol–water partition coefficient (Wildman–Crippen LogP) is 3.82. The number of ether oxygens (including phenoxy) is 2. The van der Waals surface area contributed by atoms with Gasteiger partial charge in [0.1, 0.15) is 5.82 Å². The van der Waals surface area contributed by atoms with Gasteiger partial charge in [-0.3, -0.25) is 0 Å². The number of fused-ring (bicyclic) bond motifs is 1. The zero-order valence-electron chi connectivity index (χ0n) is 13.0. The highest BCUT2D eigenvalue weighted by molar-refractivity contribution is 5.75. The number of para-hydroxylation sites is 4. The fourth-order valence-electron chi connectivity index (χ4n) is 2.62. The first kappa shape index (κ1) is 14.4. The lowest BCUT2D eigenvalue weighted by atomic mass is 10.3. The van der Waals surface area contributed by atoms with Gasteiger partial charge in [0, 0.05) is 6.54 Å². The van der Waals surface area contributed by atoms with Crippen LogP contribution in [-0.4, -0.2) is 23.3 Å². The Balaban J connectivity index is 1.62. The number of aryl methyl sites for hydroxylation is 2. The summed E-state index contributed by atoms with van der Waals surface area (Å²) in [6, 6.07) is 15.9. The van der Waals surface area contributed by atoms with Gasteiger partial charge in [0.2, 0.25) is 0 Å². The van der Waals surface area contributed by atoms with Gasteiger partial charge in [-0.15, -0.1) is 0 Å². The van der Waals surface area contributed by atoms with Gasteiger partial charge in [-0.1, -0.05) is 24.3 Å². The van der Waals surface area contributed by atoms with Gasteiger partial charge in [-0.2, -0.15) is 0 Å². The Morgan fingerprint density at radius 2 is 1.73 bits per heavy atom. The van der Waals surface area contributed by atoms with Gasteiger partial charge in [-0.05, 0) is 37.6 Å². The second kappa shape index (κ2) is 6.52. The SMILES string of the molecule is COc1ccccc1OCCCn1c(C)nc2ccccc21. The summed E-state index contributed by atoms with van der Waals surface area (Å²) >= 11 is 0. The van der Waals surface area contributed by atoms with Crippen LogP contribution in [0.25, 0.3) is 11.0 Å². The molecule has 0 aliphatic heterocycles. The molecule has 0 fully saturated rings. The van der Waals surface area contributed by atoms with Crippen molar-refractivity contribution < 1.29 is 9.47 Å². The zero-order valence-corrected chi connectivity index (χ0v) is 13.0. The molecule has 2 aromatic carbocycles. The molecule has 0 N–H and O–H groups in total. The second-order valence-corrected chi connectivity index (χ2v) is 5.15. The first-order valence-electron chi connectivity index (χ1n) is 7.47. The second-order valence-electron chi connectivity index (χ2n) is 5.15. The molecule has 0 radical (unpaired) electrons. The van der Waals surface area contributed by atoms with E-state index in [0.717, 1.165) is 35.8 Å². The maximum Gasteiger partial charge on any atom is 0.161 e. The fraction of sp³-hybridized carbons (Fsp3) is 0.278. The highest BCUT2D eigenvalue weighted by Crippen LogP contribution is 2.25. The number of nitrogens with zero attached hydrogens (tertiary/aromatic N) is 2. The van der Waals surface area contributed by atoms with Gasteiger partial charge in [-0.25, -0.2) is 4.98 Å². The summed E-state index contributed by atoms with van der Waals surface area (Å²) in [6.45, 7) is 3.58. The number of rotatable bonds is 6. The fourth-order valence-corrected chi connectivity index (χ4v) is 2.62. The lowest BCUT2D eigenvalue weighted by Gasteiger charge is -2.11. The van der Waals surface area contributed by atoms with Crippen LogP contribution in [0.4, 0.5) is 0 Å². The van der Waals surface area contributed by atoms with Crippen LogP contribution in [0.2, 0.25) is 0 Å². The van der Waals surface area contributed by atoms with Crippen molar-refractivity contribution in [3.8, 4) is 11.5 Å². The van der Waals surface area contributed by atoms with Gasteiger partial charge in [0.15, 0.2) is 11.5 Å². The maximum atomic E-state index is 5.82. The Morgan fingerprint density at radius 3 is 2.55 bits per heavy atom. The third-order valence-electron chi connectivity index (χ3n) is 3.70. The van der Waals surface area contributed by atoms with Crippen molar-refractivity contribution in [2.24, 2.45) is 0 Å². The van der Waals surface area contributed by atoms with Gasteiger partial charge in [0.05, 0.1) is 24.8 Å². The summed E-state index contributed by atoms with van der Waals surface area (Å²) in [6.07, 6.45) is 0.916. The Labute approximate surface area is 130 Å². The number of imidazole rings is 1. The number of benzene rings is 2. The predicted molar refractivity (Wildman–Crippen MR) is 87.6 cm³/mol. The molecule has 0 unspecified atom stereocenters. The molecule has 0 bridgehead atoms. The van der Waals surface area contributed by atoms with Crippen LogP contribution in [0.3, 0.4) is 0 Å². The molecule has 0 atom stereocenters. The lowest BCUT2D eigenvalue weighted by molar-refractivity contribution is 0.283. The minimum atomic E-state index is 0.645. The Bertz CT molecular complexity index is 765. The Kier molecular flexibility index (Phi) is 4.28. The average Bonchev–Trinajstić information content (AvgIpc) is 2.87. The van der Waals surface area contributed by atoms with Crippen molar-refractivity contribution in [1.29, 1.82) is 0 Å². The van der Waals surface area contributed by atoms with Crippen LogP contribution in [-0.2, 0) is 6.54 Å². The van der Waals surface area contributed by atoms with Crippen LogP contribution < -0.4 is 9.47 Å². The van der Waals surface area contributed by atoms with E-state index in [-0.39, 0.29) is 0 Å². The summed E-state index contributed by atoms with van der Waals surface area (Å²) in [5.74, 6) is 2.60. The number of aromatic nitrogens is 2. The Morgan fingerprint density at radius 1 is 1.00 bits per heavy atom. The third-order valence-corrected chi connectivity index (χ3v) is 3.70. The number of methoxy groups -OCH3 is 1. The lowest BCUT2D eigenvalue weighted by Crippen LogP contribution is -2.06. The van der Waals surface area contributed by atoms with E-state index in [1.54, 1.807) is 7.11 Å². The average molecular weight is 296 g/mol. The molecule has 114 valence electrons. The van der Waals surface area contributed by atoms with E-state index in [0.29, 0.717) is 6.61 Å². The molecular weight excluding hydrogens is 276 g/mol. The summed E-state index contributed by atoms with van der Waals surface area (Å²) in [4.78, 5) is 4.58. The maximum absolute atomic E-state index is 5.82. The van der Waals surface area contributed by atoms with Crippen molar-refractivity contribution in [2.75, 3.05) is 13.7 Å². The molecule has 0 saturated carbocycles. The van der Waals surface area contributed by atoms with E-state index in [1.165, 1.54) is 5.52 Å². The summed E-state index contributed by atoms with van der Waals surface area (Å²) in [5, 5.41) is 0. The van der Waals surface area contributed by atoms with E-state index >= 15 is 0 Å². The van der Waals surface area contributed by atoms with E-state index in [4.69, 9.17) is 9.47 Å². The quantitative estimate of drug-likeness (QED) is 0.649. The van der Waals surface area contributed by atoms with E-state index in [2.05, 4.69) is 15.6 Å². The molecule has 0 aliphatic carbocycles. The zero-order chi connectivity index (χ0) is 15.4. The van der Waals surface area contributed by atoms with Crippen LogP contribution >= 0.6 is 0 Å². The molecule has 0 spiro atoms. The van der Waals surface area contributed by atoms with Crippen molar-refractivity contribution in [2.45, 2.75) is 19.9 Å². The van der Waals surface area contributed by atoms with Crippen LogP contribution in [0.5, 0.6) is 11.5 Å². The molecule has 3 rings (SSSR count). The molecule has 3 aromatic rings. The highest BCUT2D eigenvalue weighted by Gasteiger charge is 2.07. The molecule has 4 nitrogen and oxygen atoms in total. The van der Waals surface area contributed by atoms with E-state index < -0.39 is 0 Å². The smallest absolute Gasteiger partial charge is 0.161 e. The van der Waals surface area contributed by atoms with E-state index in [9.17, 15) is 0 Å². The third kappa shape index (κ3) is 2.91. The largest absolute Gasteiger partial charge is 0.493 e. The monoisotopic (exact) mass is 296 g/mol. The van der Waals surface area contributed by atoms with Crippen LogP contribution in [0.1, 0.15) is 12.2 Å². The summed E-state index contributed by atoms with van der Waals surface area (Å²) < 4.78 is 13.3. The van der Waals surface area contributed by atoms with Crippen molar-refractivity contribution in [3.63, 3.8) is 0 Å². The van der Waals surface area contributed by atoms with Crippen molar-refractivity contribution >= 4 is 11.0 Å². The molecule has 0 aliphatic rings. The first-order chi connectivity index (χ1) is 10.8. The highest BCUT2D eigenvalue weighted by atomic mass is 16.5. The molecule has 1 aromatic heterocycles. The van der Waals surface area contributed by atoms with E-state index in [1.807, 2.05) is 49.4 Å². The van der Waals surface area contributed by atoms with Crippen molar-refractivity contribution in [1.82, 2.24) is 9.55 Å². The minimum absolute atomic E-state index is 0.645. The van der Waals surface area contributed by atoms with Crippen molar-refractivity contribution in [3.05, 3.63) is 54.4 Å². The molecular formula is C18H20N2O2. The summed E-state index contributed by atoms with van der Waals surface area (Å²) in [5.41, 5.74) is 2.22. The molecule has 22 heavy (non-hydrogen) atoms. The molecule has 0 amide bonds. The summed E-state index contributed by atoms with van der Waals surface area (Å²) in [7, 11) is 1.66.